The molecule has 0 saturated carbocycles. The normalized spacial score (nSPS) is 11.3. The SMILES string of the molecule is CCc1nc2c(c(OC(C)C)c(C(=O)Nc3cccc(F)c3)n2C)c(=O)n1Cc1cccc(Cl)c1. The van der Waals surface area contributed by atoms with Crippen LogP contribution in [0.25, 0.3) is 11.0 Å². The third-order valence-electron chi connectivity index (χ3n) is 5.52. The summed E-state index contributed by atoms with van der Waals surface area (Å²) in [7, 11) is 1.66. The average Bonchev–Trinajstić information content (AvgIpc) is 3.06. The molecular formula is C26H26ClFN4O3. The molecule has 35 heavy (non-hydrogen) atoms. The maximum atomic E-state index is 13.8. The van der Waals surface area contributed by atoms with E-state index in [4.69, 9.17) is 21.3 Å². The third kappa shape index (κ3) is 4.93. The zero-order valence-corrected chi connectivity index (χ0v) is 20.7. The van der Waals surface area contributed by atoms with Crippen LogP contribution in [0.1, 0.15) is 42.6 Å². The summed E-state index contributed by atoms with van der Waals surface area (Å²) in [6.45, 7) is 5.80. The summed E-state index contributed by atoms with van der Waals surface area (Å²) in [5.41, 5.74) is 1.29. The molecule has 0 saturated heterocycles. The second kappa shape index (κ2) is 9.92. The molecule has 2 heterocycles. The topological polar surface area (TPSA) is 78.2 Å². The highest BCUT2D eigenvalue weighted by atomic mass is 35.5. The van der Waals surface area contributed by atoms with E-state index in [1.807, 2.05) is 32.9 Å². The van der Waals surface area contributed by atoms with Crippen LogP contribution in [0.4, 0.5) is 10.1 Å². The van der Waals surface area contributed by atoms with Gasteiger partial charge in [0.2, 0.25) is 0 Å². The number of anilines is 1. The number of halogens is 2. The first kappa shape index (κ1) is 24.5. The predicted molar refractivity (Wildman–Crippen MR) is 135 cm³/mol. The van der Waals surface area contributed by atoms with Crippen LogP contribution in [-0.4, -0.2) is 26.1 Å². The van der Waals surface area contributed by atoms with Gasteiger partial charge in [-0.2, -0.15) is 0 Å². The van der Waals surface area contributed by atoms with Gasteiger partial charge >= 0.3 is 0 Å². The van der Waals surface area contributed by atoms with Crippen LogP contribution in [0, 0.1) is 5.82 Å². The highest BCUT2D eigenvalue weighted by Crippen LogP contribution is 2.31. The first-order valence-corrected chi connectivity index (χ1v) is 11.7. The molecule has 182 valence electrons. The minimum Gasteiger partial charge on any atom is -0.488 e. The van der Waals surface area contributed by atoms with Crippen molar-refractivity contribution < 1.29 is 13.9 Å². The van der Waals surface area contributed by atoms with Crippen molar-refractivity contribution in [3.05, 3.63) is 86.8 Å². The van der Waals surface area contributed by atoms with Crippen molar-refractivity contribution in [1.29, 1.82) is 0 Å². The minimum absolute atomic E-state index is 0.130. The van der Waals surface area contributed by atoms with E-state index in [9.17, 15) is 14.0 Å². The van der Waals surface area contributed by atoms with Crippen LogP contribution in [0.3, 0.4) is 0 Å². The van der Waals surface area contributed by atoms with Gasteiger partial charge in [-0.25, -0.2) is 9.37 Å². The smallest absolute Gasteiger partial charge is 0.276 e. The van der Waals surface area contributed by atoms with E-state index in [2.05, 4.69) is 5.32 Å². The summed E-state index contributed by atoms with van der Waals surface area (Å²) >= 11 is 6.14. The van der Waals surface area contributed by atoms with E-state index < -0.39 is 11.7 Å². The van der Waals surface area contributed by atoms with Crippen molar-refractivity contribution in [3.63, 3.8) is 0 Å². The van der Waals surface area contributed by atoms with Crippen molar-refractivity contribution in [3.8, 4) is 5.75 Å². The van der Waals surface area contributed by atoms with E-state index in [0.29, 0.717) is 22.9 Å². The van der Waals surface area contributed by atoms with Crippen LogP contribution >= 0.6 is 11.6 Å². The van der Waals surface area contributed by atoms with Crippen molar-refractivity contribution in [1.82, 2.24) is 14.1 Å². The van der Waals surface area contributed by atoms with Crippen LogP contribution in [0.2, 0.25) is 5.02 Å². The number of fused-ring (bicyclic) bond motifs is 1. The lowest BCUT2D eigenvalue weighted by Gasteiger charge is -2.13. The van der Waals surface area contributed by atoms with Gasteiger partial charge in [-0.3, -0.25) is 14.2 Å². The number of ether oxygens (including phenoxy) is 1. The molecule has 0 spiro atoms. The number of carbonyl (C=O) groups excluding carboxylic acids is 1. The van der Waals surface area contributed by atoms with E-state index in [-0.39, 0.29) is 40.7 Å². The summed E-state index contributed by atoms with van der Waals surface area (Å²) in [5.74, 6) is -0.301. The zero-order valence-electron chi connectivity index (χ0n) is 19.9. The van der Waals surface area contributed by atoms with Gasteiger partial charge in [-0.15, -0.1) is 0 Å². The molecule has 0 aliphatic carbocycles. The molecule has 7 nitrogen and oxygen atoms in total. The maximum Gasteiger partial charge on any atom is 0.276 e. The minimum atomic E-state index is -0.536. The second-order valence-corrected chi connectivity index (χ2v) is 8.91. The quantitative estimate of drug-likeness (QED) is 0.382. The van der Waals surface area contributed by atoms with Crippen LogP contribution in [0.15, 0.2) is 53.3 Å². The molecule has 0 bridgehead atoms. The van der Waals surface area contributed by atoms with Gasteiger partial charge in [0.05, 0.1) is 12.6 Å². The standard InChI is InChI=1S/C26H26ClFN4O3/c1-5-20-30-24-21(26(34)32(20)14-16-8-6-9-17(27)12-16)23(35-15(2)3)22(31(24)4)25(33)29-19-11-7-10-18(28)13-19/h6-13,15H,5,14H2,1-4H3,(H,29,33). The number of nitrogens with zero attached hydrogens (tertiary/aromatic N) is 3. The van der Waals surface area contributed by atoms with Gasteiger partial charge in [0.15, 0.2) is 17.1 Å². The summed E-state index contributed by atoms with van der Waals surface area (Å²) in [6, 6.07) is 12.9. The first-order valence-electron chi connectivity index (χ1n) is 11.3. The number of amides is 1. The Morgan fingerprint density at radius 3 is 2.60 bits per heavy atom. The highest BCUT2D eigenvalue weighted by Gasteiger charge is 2.28. The lowest BCUT2D eigenvalue weighted by atomic mass is 10.2. The largest absolute Gasteiger partial charge is 0.488 e. The number of aryl methyl sites for hydroxylation is 2. The van der Waals surface area contributed by atoms with E-state index in [1.165, 1.54) is 18.2 Å². The monoisotopic (exact) mass is 496 g/mol. The van der Waals surface area contributed by atoms with Gasteiger partial charge in [0, 0.05) is 24.2 Å². The molecule has 0 atom stereocenters. The summed E-state index contributed by atoms with van der Waals surface area (Å²) in [4.78, 5) is 31.9. The fraction of sp³-hybridized carbons (Fsp3) is 0.269. The van der Waals surface area contributed by atoms with Crippen molar-refractivity contribution in [2.24, 2.45) is 7.05 Å². The molecule has 0 fully saturated rings. The fourth-order valence-electron chi connectivity index (χ4n) is 4.02. The van der Waals surface area contributed by atoms with Gasteiger partial charge < -0.3 is 14.6 Å². The Labute approximate surface area is 207 Å². The lowest BCUT2D eigenvalue weighted by molar-refractivity contribution is 0.101. The van der Waals surface area contributed by atoms with Crippen LogP contribution in [-0.2, 0) is 20.0 Å². The summed E-state index contributed by atoms with van der Waals surface area (Å²) < 4.78 is 22.8. The molecule has 1 N–H and O–H groups in total. The number of hydrogen-bond donors (Lipinski definition) is 1. The Balaban J connectivity index is 1.91. The van der Waals surface area contributed by atoms with Gasteiger partial charge in [0.1, 0.15) is 17.0 Å². The molecule has 0 aliphatic rings. The third-order valence-corrected chi connectivity index (χ3v) is 5.76. The molecule has 4 aromatic rings. The number of nitrogens with one attached hydrogen (secondary N) is 1. The molecule has 2 aromatic carbocycles. The van der Waals surface area contributed by atoms with Crippen molar-refractivity contribution in [2.75, 3.05) is 5.32 Å². The summed E-state index contributed by atoms with van der Waals surface area (Å²) in [6.07, 6.45) is 0.190. The lowest BCUT2D eigenvalue weighted by Crippen LogP contribution is -2.26. The average molecular weight is 497 g/mol. The van der Waals surface area contributed by atoms with Gasteiger partial charge in [-0.1, -0.05) is 36.7 Å². The Bertz CT molecular complexity index is 1480. The molecule has 0 unspecified atom stereocenters. The molecule has 4 rings (SSSR count). The first-order chi connectivity index (χ1) is 16.7. The molecule has 0 radical (unpaired) electrons. The highest BCUT2D eigenvalue weighted by molar-refractivity contribution is 6.30. The van der Waals surface area contributed by atoms with Gasteiger partial charge in [0.25, 0.3) is 11.5 Å². The molecule has 9 heteroatoms. The number of benzene rings is 2. The maximum absolute atomic E-state index is 13.8. The number of rotatable bonds is 7. The Morgan fingerprint density at radius 2 is 1.94 bits per heavy atom. The Morgan fingerprint density at radius 1 is 1.20 bits per heavy atom. The van der Waals surface area contributed by atoms with Gasteiger partial charge in [-0.05, 0) is 49.7 Å². The second-order valence-electron chi connectivity index (χ2n) is 8.47. The van der Waals surface area contributed by atoms with E-state index >= 15 is 0 Å². The van der Waals surface area contributed by atoms with Crippen molar-refractivity contribution in [2.45, 2.75) is 39.8 Å². The van der Waals surface area contributed by atoms with E-state index in [1.54, 1.807) is 34.4 Å². The van der Waals surface area contributed by atoms with Crippen molar-refractivity contribution >= 4 is 34.2 Å². The predicted octanol–water partition coefficient (Wildman–Crippen LogP) is 5.18. The summed E-state index contributed by atoms with van der Waals surface area (Å²) in [5, 5.41) is 3.48. The zero-order chi connectivity index (χ0) is 25.3. The number of hydrogen-bond acceptors (Lipinski definition) is 4. The number of aromatic nitrogens is 3. The Kier molecular flexibility index (Phi) is 6.93. The molecular weight excluding hydrogens is 471 g/mol. The van der Waals surface area contributed by atoms with Crippen LogP contribution in [0.5, 0.6) is 5.75 Å². The molecule has 1 amide bonds. The Hall–Kier alpha value is -3.65. The van der Waals surface area contributed by atoms with E-state index in [0.717, 1.165) is 5.56 Å². The van der Waals surface area contributed by atoms with Crippen LogP contribution < -0.4 is 15.6 Å². The molecule has 0 aliphatic heterocycles. The molecule has 2 aromatic heterocycles. The fourth-order valence-corrected chi connectivity index (χ4v) is 4.23. The number of carbonyl (C=O) groups is 1.